The van der Waals surface area contributed by atoms with Gasteiger partial charge in [-0.2, -0.15) is 4.31 Å². The fourth-order valence-electron chi connectivity index (χ4n) is 3.30. The lowest BCUT2D eigenvalue weighted by Gasteiger charge is -2.20. The number of thiazole rings is 1. The van der Waals surface area contributed by atoms with Crippen molar-refractivity contribution in [3.8, 4) is 0 Å². The molecule has 2 aromatic rings. The predicted molar refractivity (Wildman–Crippen MR) is 119 cm³/mol. The lowest BCUT2D eigenvalue weighted by Crippen LogP contribution is -2.32. The molecule has 1 saturated heterocycles. The monoisotopic (exact) mass is 485 g/mol. The third-order valence-electron chi connectivity index (χ3n) is 4.84. The van der Waals surface area contributed by atoms with Crippen molar-refractivity contribution in [3.63, 3.8) is 0 Å². The zero-order chi connectivity index (χ0) is 22.6. The van der Waals surface area contributed by atoms with Crippen LogP contribution in [0, 0.1) is 13.8 Å². The SMILES string of the molecule is Cc1nc(C)c(C(=O)OCC(=O)Nc2cc(S(=O)(=O)N3CCCCCC3)ccc2Cl)s1. The molecule has 1 fully saturated rings. The van der Waals surface area contributed by atoms with E-state index in [1.165, 1.54) is 33.8 Å². The normalized spacial score (nSPS) is 15.3. The zero-order valence-corrected chi connectivity index (χ0v) is 19.7. The fourth-order valence-corrected chi connectivity index (χ4v) is 5.82. The van der Waals surface area contributed by atoms with Gasteiger partial charge in [0.05, 0.1) is 26.3 Å². The summed E-state index contributed by atoms with van der Waals surface area (Å²) in [4.78, 5) is 29.0. The topological polar surface area (TPSA) is 106 Å². The van der Waals surface area contributed by atoms with Crippen LogP contribution in [0.25, 0.3) is 0 Å². The first kappa shape index (κ1) is 23.6. The molecule has 0 bridgehead atoms. The molecule has 0 unspecified atom stereocenters. The Hall–Kier alpha value is -2.01. The van der Waals surface area contributed by atoms with Gasteiger partial charge in [0.25, 0.3) is 5.91 Å². The number of sulfonamides is 1. The van der Waals surface area contributed by atoms with Crippen molar-refractivity contribution in [3.05, 3.63) is 38.8 Å². The number of carbonyl (C=O) groups is 2. The van der Waals surface area contributed by atoms with Gasteiger partial charge in [-0.05, 0) is 44.9 Å². The molecule has 1 amide bonds. The minimum absolute atomic E-state index is 0.0573. The second-order valence-electron chi connectivity index (χ2n) is 7.23. The van der Waals surface area contributed by atoms with Crippen LogP contribution < -0.4 is 5.32 Å². The van der Waals surface area contributed by atoms with Gasteiger partial charge in [-0.1, -0.05) is 24.4 Å². The largest absolute Gasteiger partial charge is 0.451 e. The van der Waals surface area contributed by atoms with E-state index in [9.17, 15) is 18.0 Å². The molecule has 0 atom stereocenters. The van der Waals surface area contributed by atoms with Gasteiger partial charge < -0.3 is 10.1 Å². The summed E-state index contributed by atoms with van der Waals surface area (Å²) in [6, 6.07) is 4.18. The average molecular weight is 486 g/mol. The average Bonchev–Trinajstić information content (AvgIpc) is 2.91. The minimum atomic E-state index is -3.69. The van der Waals surface area contributed by atoms with Gasteiger partial charge >= 0.3 is 5.97 Å². The Morgan fingerprint density at radius 3 is 2.48 bits per heavy atom. The highest BCUT2D eigenvalue weighted by molar-refractivity contribution is 7.89. The number of hydrogen-bond acceptors (Lipinski definition) is 7. The van der Waals surface area contributed by atoms with Crippen molar-refractivity contribution in [2.45, 2.75) is 44.4 Å². The first-order valence-electron chi connectivity index (χ1n) is 9.89. The Balaban J connectivity index is 1.68. The van der Waals surface area contributed by atoms with E-state index < -0.39 is 28.5 Å². The number of aryl methyl sites for hydroxylation is 2. The maximum absolute atomic E-state index is 13.0. The van der Waals surface area contributed by atoms with Crippen LogP contribution in [0.15, 0.2) is 23.1 Å². The Labute approximate surface area is 190 Å². The fraction of sp³-hybridized carbons (Fsp3) is 0.450. The van der Waals surface area contributed by atoms with E-state index in [0.717, 1.165) is 30.7 Å². The number of amides is 1. The number of ether oxygens (including phenoxy) is 1. The first-order chi connectivity index (χ1) is 14.7. The van der Waals surface area contributed by atoms with Crippen molar-refractivity contribution >= 4 is 50.5 Å². The van der Waals surface area contributed by atoms with Crippen LogP contribution in [-0.2, 0) is 19.6 Å². The van der Waals surface area contributed by atoms with Crippen molar-refractivity contribution in [2.75, 3.05) is 25.0 Å². The molecule has 0 aliphatic carbocycles. The summed E-state index contributed by atoms with van der Waals surface area (Å²) in [5, 5.41) is 3.43. The van der Waals surface area contributed by atoms with Crippen LogP contribution in [-0.4, -0.2) is 49.3 Å². The summed E-state index contributed by atoms with van der Waals surface area (Å²) in [6.07, 6.45) is 3.65. The summed E-state index contributed by atoms with van der Waals surface area (Å²) in [6.45, 7) is 3.87. The minimum Gasteiger partial charge on any atom is -0.451 e. The highest BCUT2D eigenvalue weighted by Gasteiger charge is 2.26. The maximum Gasteiger partial charge on any atom is 0.350 e. The smallest absolute Gasteiger partial charge is 0.350 e. The quantitative estimate of drug-likeness (QED) is 0.624. The van der Waals surface area contributed by atoms with E-state index in [2.05, 4.69) is 10.3 Å². The van der Waals surface area contributed by atoms with Gasteiger partial charge in [0.1, 0.15) is 4.88 Å². The predicted octanol–water partition coefficient (Wildman–Crippen LogP) is 3.77. The van der Waals surface area contributed by atoms with Gasteiger partial charge in [-0.3, -0.25) is 4.79 Å². The van der Waals surface area contributed by atoms with Crippen LogP contribution in [0.4, 0.5) is 5.69 Å². The number of aromatic nitrogens is 1. The third kappa shape index (κ3) is 5.82. The lowest BCUT2D eigenvalue weighted by atomic mass is 10.2. The molecule has 3 rings (SSSR count). The second-order valence-corrected chi connectivity index (χ2v) is 10.8. The summed E-state index contributed by atoms with van der Waals surface area (Å²) >= 11 is 7.34. The van der Waals surface area contributed by atoms with Crippen molar-refractivity contribution in [2.24, 2.45) is 0 Å². The summed E-state index contributed by atoms with van der Waals surface area (Å²) < 4.78 is 32.5. The van der Waals surface area contributed by atoms with Gasteiger partial charge in [-0.25, -0.2) is 18.2 Å². The number of esters is 1. The molecule has 1 aromatic heterocycles. The van der Waals surface area contributed by atoms with Crippen LogP contribution in [0.5, 0.6) is 0 Å². The molecule has 0 saturated carbocycles. The van der Waals surface area contributed by atoms with E-state index >= 15 is 0 Å². The molecule has 11 heteroatoms. The van der Waals surface area contributed by atoms with E-state index in [1.54, 1.807) is 13.8 Å². The number of hydrogen-bond donors (Lipinski definition) is 1. The van der Waals surface area contributed by atoms with Gasteiger partial charge in [0.2, 0.25) is 10.0 Å². The van der Waals surface area contributed by atoms with Gasteiger partial charge in [0, 0.05) is 13.1 Å². The van der Waals surface area contributed by atoms with Crippen LogP contribution >= 0.6 is 22.9 Å². The number of halogens is 1. The highest BCUT2D eigenvalue weighted by atomic mass is 35.5. The van der Waals surface area contributed by atoms with Crippen LogP contribution in [0.1, 0.15) is 46.1 Å². The third-order valence-corrected chi connectivity index (χ3v) is 8.12. The van der Waals surface area contributed by atoms with Crippen molar-refractivity contribution in [1.82, 2.24) is 9.29 Å². The van der Waals surface area contributed by atoms with Crippen molar-refractivity contribution in [1.29, 1.82) is 0 Å². The molecule has 1 aliphatic heterocycles. The number of rotatable bonds is 6. The Bertz CT molecular complexity index is 1080. The van der Waals surface area contributed by atoms with E-state index in [0.29, 0.717) is 23.7 Å². The number of anilines is 1. The number of nitrogens with zero attached hydrogens (tertiary/aromatic N) is 2. The Kier molecular flexibility index (Phi) is 7.68. The summed E-state index contributed by atoms with van der Waals surface area (Å²) in [5.74, 6) is -1.26. The van der Waals surface area contributed by atoms with Crippen molar-refractivity contribution < 1.29 is 22.7 Å². The number of nitrogens with one attached hydrogen (secondary N) is 1. The van der Waals surface area contributed by atoms with E-state index in [4.69, 9.17) is 16.3 Å². The highest BCUT2D eigenvalue weighted by Crippen LogP contribution is 2.28. The number of benzene rings is 1. The molecule has 168 valence electrons. The van der Waals surface area contributed by atoms with Gasteiger partial charge in [0.15, 0.2) is 6.61 Å². The zero-order valence-electron chi connectivity index (χ0n) is 17.3. The van der Waals surface area contributed by atoms with Gasteiger partial charge in [-0.15, -0.1) is 11.3 Å². The molecule has 0 spiro atoms. The van der Waals surface area contributed by atoms with Crippen LogP contribution in [0.3, 0.4) is 0 Å². The molecular weight excluding hydrogens is 462 g/mol. The molecule has 31 heavy (non-hydrogen) atoms. The molecule has 2 heterocycles. The molecular formula is C20H24ClN3O5S2. The summed E-state index contributed by atoms with van der Waals surface area (Å²) in [5.41, 5.74) is 0.686. The standard InChI is InChI=1S/C20H24ClN3O5S2/c1-13-19(30-14(2)22-13)20(26)29-12-18(25)23-17-11-15(7-8-16(17)21)31(27,28)24-9-5-3-4-6-10-24/h7-8,11H,3-6,9-10,12H2,1-2H3,(H,23,25). The van der Waals surface area contributed by atoms with E-state index in [-0.39, 0.29) is 15.6 Å². The molecule has 1 N–H and O–H groups in total. The Morgan fingerprint density at radius 2 is 1.87 bits per heavy atom. The molecule has 1 aliphatic rings. The van der Waals surface area contributed by atoms with Crippen LogP contribution in [0.2, 0.25) is 5.02 Å². The molecule has 0 radical (unpaired) electrons. The summed E-state index contributed by atoms with van der Waals surface area (Å²) in [7, 11) is -3.69. The lowest BCUT2D eigenvalue weighted by molar-refractivity contribution is -0.119. The number of carbonyl (C=O) groups excluding carboxylic acids is 2. The Morgan fingerprint density at radius 1 is 1.19 bits per heavy atom. The van der Waals surface area contributed by atoms with E-state index in [1.807, 2.05) is 0 Å². The second kappa shape index (κ2) is 10.1. The first-order valence-corrected chi connectivity index (χ1v) is 12.5. The molecule has 8 nitrogen and oxygen atoms in total. The maximum atomic E-state index is 13.0. The molecule has 1 aromatic carbocycles.